The third-order valence-electron chi connectivity index (χ3n) is 9.06. The Kier molecular flexibility index (Phi) is 9.87. The molecule has 2 heterocycles. The van der Waals surface area contributed by atoms with Crippen LogP contribution in [0.25, 0.3) is 22.3 Å². The summed E-state index contributed by atoms with van der Waals surface area (Å²) in [6.07, 6.45) is 1.97. The first kappa shape index (κ1) is 32.6. The van der Waals surface area contributed by atoms with Crippen molar-refractivity contribution >= 4 is 35.2 Å². The van der Waals surface area contributed by atoms with E-state index in [1.54, 1.807) is 11.9 Å². The molecule has 0 atom stereocenters. The van der Waals surface area contributed by atoms with Gasteiger partial charge in [0, 0.05) is 48.8 Å². The molecule has 0 saturated carbocycles. The number of carbonyl (C=O) groups is 2. The molecule has 47 heavy (non-hydrogen) atoms. The average molecular weight is 652 g/mol. The third kappa shape index (κ3) is 7.02. The van der Waals surface area contributed by atoms with Crippen LogP contribution in [0.5, 0.6) is 5.75 Å². The quantitative estimate of drug-likeness (QED) is 0.175. The zero-order valence-electron chi connectivity index (χ0n) is 27.4. The summed E-state index contributed by atoms with van der Waals surface area (Å²) < 4.78 is 13.6. The lowest BCUT2D eigenvalue weighted by molar-refractivity contribution is -0.136. The molecule has 0 unspecified atom stereocenters. The first-order valence-electron chi connectivity index (χ1n) is 16.0. The number of nitrogens with zero attached hydrogens (tertiary/aromatic N) is 2. The largest absolute Gasteiger partial charge is 0.492 e. The molecule has 2 N–H and O–H groups in total. The maximum absolute atomic E-state index is 13.5. The van der Waals surface area contributed by atoms with Crippen LogP contribution in [0.1, 0.15) is 38.2 Å². The van der Waals surface area contributed by atoms with Crippen molar-refractivity contribution in [3.05, 3.63) is 100 Å². The summed E-state index contributed by atoms with van der Waals surface area (Å²) in [5.41, 5.74) is 11.4. The number of nitrogens with one attached hydrogen (secondary N) is 1. The van der Waals surface area contributed by atoms with Gasteiger partial charge in [0.1, 0.15) is 12.4 Å². The van der Waals surface area contributed by atoms with Gasteiger partial charge in [-0.15, -0.1) is 0 Å². The van der Waals surface area contributed by atoms with E-state index in [-0.39, 0.29) is 12.3 Å². The van der Waals surface area contributed by atoms with Gasteiger partial charge in [0.25, 0.3) is 5.91 Å². The molecule has 0 spiro atoms. The van der Waals surface area contributed by atoms with E-state index in [1.165, 1.54) is 0 Å². The molecule has 6 rings (SSSR count). The minimum atomic E-state index is -0.853. The molecule has 244 valence electrons. The van der Waals surface area contributed by atoms with Crippen molar-refractivity contribution in [2.75, 3.05) is 55.3 Å². The summed E-state index contributed by atoms with van der Waals surface area (Å²) in [6.45, 7) is 11.5. The van der Waals surface area contributed by atoms with E-state index in [1.807, 2.05) is 62.6 Å². The third-order valence-corrected chi connectivity index (χ3v) is 9.81. The van der Waals surface area contributed by atoms with Crippen LogP contribution in [-0.2, 0) is 22.5 Å². The number of carboxylic acid groups (broad SMARTS) is 1. The van der Waals surface area contributed by atoms with Crippen LogP contribution in [-0.4, -0.2) is 67.6 Å². The molecule has 2 aliphatic rings. The number of carboxylic acids is 1. The van der Waals surface area contributed by atoms with Gasteiger partial charge in [-0.1, -0.05) is 53.9 Å². The second kappa shape index (κ2) is 14.2. The number of hydrogen-bond donors (Lipinski definition) is 2. The van der Waals surface area contributed by atoms with Gasteiger partial charge in [-0.2, -0.15) is 0 Å². The van der Waals surface area contributed by atoms with Gasteiger partial charge in [-0.05, 0) is 84.0 Å². The van der Waals surface area contributed by atoms with Crippen LogP contribution in [0.2, 0.25) is 0 Å². The molecule has 2 aliphatic heterocycles. The summed E-state index contributed by atoms with van der Waals surface area (Å²) in [5, 5.41) is 13.0. The first-order valence-corrected chi connectivity index (χ1v) is 17.2. The Morgan fingerprint density at radius 3 is 2.45 bits per heavy atom. The van der Waals surface area contributed by atoms with E-state index in [2.05, 4.69) is 45.7 Å². The highest BCUT2D eigenvalue weighted by molar-refractivity contribution is 7.99. The number of fused-ring (bicyclic) bond motifs is 3. The fraction of sp³-hybridized carbons (Fsp3) is 0.316. The van der Waals surface area contributed by atoms with Crippen LogP contribution < -0.4 is 14.4 Å². The van der Waals surface area contributed by atoms with E-state index >= 15 is 0 Å². The Labute approximate surface area is 280 Å². The van der Waals surface area contributed by atoms with Gasteiger partial charge < -0.3 is 24.2 Å². The van der Waals surface area contributed by atoms with Gasteiger partial charge in [0.2, 0.25) is 0 Å². The molecule has 4 aromatic rings. The van der Waals surface area contributed by atoms with Crippen LogP contribution in [0, 0.1) is 20.8 Å². The van der Waals surface area contributed by atoms with Crippen LogP contribution in [0.4, 0.5) is 11.4 Å². The highest BCUT2D eigenvalue weighted by atomic mass is 32.2. The topological polar surface area (TPSA) is 91.3 Å². The Morgan fingerprint density at radius 2 is 1.72 bits per heavy atom. The zero-order chi connectivity index (χ0) is 33.1. The number of anilines is 2. The summed E-state index contributed by atoms with van der Waals surface area (Å²) in [7, 11) is 0. The fourth-order valence-electron chi connectivity index (χ4n) is 6.65. The summed E-state index contributed by atoms with van der Waals surface area (Å²) in [5.74, 6) is -0.329. The smallest absolute Gasteiger partial charge is 0.307 e. The highest BCUT2D eigenvalue weighted by Gasteiger charge is 2.31. The zero-order valence-corrected chi connectivity index (χ0v) is 28.2. The predicted molar refractivity (Wildman–Crippen MR) is 190 cm³/mol. The number of hydrogen-bond acceptors (Lipinski definition) is 7. The van der Waals surface area contributed by atoms with Crippen LogP contribution in [0.15, 0.2) is 66.7 Å². The summed E-state index contributed by atoms with van der Waals surface area (Å²) in [6, 6.07) is 21.7. The number of morpholine rings is 1. The first-order chi connectivity index (χ1) is 22.7. The van der Waals surface area contributed by atoms with E-state index in [0.717, 1.165) is 88.6 Å². The number of rotatable bonds is 10. The molecule has 8 nitrogen and oxygen atoms in total. The Hall–Kier alpha value is -4.31. The predicted octanol–water partition coefficient (Wildman–Crippen LogP) is 7.13. The lowest BCUT2D eigenvalue weighted by atomic mass is 9.80. The number of ether oxygens (including phenoxy) is 2. The van der Waals surface area contributed by atoms with Crippen molar-refractivity contribution in [2.45, 2.75) is 33.7 Å². The molecule has 4 aromatic carbocycles. The molecule has 0 aliphatic carbocycles. The standard InChI is InChI=1S/C38H41N3O5S/c1-24-8-10-27(11-9-24)35-26(3)36-32-13-12-28(20-29(32)23-41(47-4)37(36)25(2)33(35)22-34(42)43)38(44)39-30-6-5-7-31(21-30)46-19-16-40-14-17-45-18-15-40/h5-13,20-21H,14-19,22-23H2,1-4H3,(H,39,44)(H,42,43). The number of aliphatic carboxylic acids is 1. The molecule has 1 amide bonds. The van der Waals surface area contributed by atoms with Crippen molar-refractivity contribution in [1.82, 2.24) is 4.90 Å². The molecule has 1 fully saturated rings. The van der Waals surface area contributed by atoms with Gasteiger partial charge in [-0.25, -0.2) is 0 Å². The van der Waals surface area contributed by atoms with Gasteiger partial charge in [0.05, 0.1) is 31.9 Å². The SMILES string of the molecule is CSN1Cc2cc(C(=O)Nc3cccc(OCCN4CCOCC4)c3)ccc2-c2c(C)c(-c3ccc(C)cc3)c(CC(=O)O)c(C)c21. The molecule has 0 bridgehead atoms. The molecule has 1 saturated heterocycles. The van der Waals surface area contributed by atoms with Crippen LogP contribution in [0.3, 0.4) is 0 Å². The summed E-state index contributed by atoms with van der Waals surface area (Å²) in [4.78, 5) is 27.9. The second-order valence-corrected chi connectivity index (χ2v) is 12.9. The summed E-state index contributed by atoms with van der Waals surface area (Å²) >= 11 is 1.60. The second-order valence-electron chi connectivity index (χ2n) is 12.1. The number of amides is 1. The van der Waals surface area contributed by atoms with Crippen LogP contribution >= 0.6 is 11.9 Å². The fourth-order valence-corrected chi connectivity index (χ4v) is 7.33. The lowest BCUT2D eigenvalue weighted by Gasteiger charge is -2.36. The minimum absolute atomic E-state index is 0.0581. The minimum Gasteiger partial charge on any atom is -0.492 e. The maximum Gasteiger partial charge on any atom is 0.307 e. The van der Waals surface area contributed by atoms with Crippen molar-refractivity contribution < 1.29 is 24.2 Å². The number of aryl methyl sites for hydroxylation is 1. The Balaban J connectivity index is 1.29. The van der Waals surface area contributed by atoms with E-state index < -0.39 is 5.97 Å². The molecule has 9 heteroatoms. The van der Waals surface area contributed by atoms with Crippen molar-refractivity contribution in [1.29, 1.82) is 0 Å². The van der Waals surface area contributed by atoms with Crippen molar-refractivity contribution in [2.24, 2.45) is 0 Å². The Morgan fingerprint density at radius 1 is 0.957 bits per heavy atom. The molecule has 0 aromatic heterocycles. The maximum atomic E-state index is 13.5. The monoisotopic (exact) mass is 651 g/mol. The van der Waals surface area contributed by atoms with E-state index in [0.29, 0.717) is 30.2 Å². The van der Waals surface area contributed by atoms with Crippen molar-refractivity contribution in [3.8, 4) is 28.0 Å². The number of carbonyl (C=O) groups excluding carboxylic acids is 1. The molecule has 0 radical (unpaired) electrons. The highest BCUT2D eigenvalue weighted by Crippen LogP contribution is 2.50. The van der Waals surface area contributed by atoms with Gasteiger partial charge in [-0.3, -0.25) is 14.5 Å². The molecular formula is C38H41N3O5S. The average Bonchev–Trinajstić information content (AvgIpc) is 3.07. The number of benzene rings is 4. The Bertz CT molecular complexity index is 1800. The van der Waals surface area contributed by atoms with Gasteiger partial charge in [0.15, 0.2) is 0 Å². The van der Waals surface area contributed by atoms with Gasteiger partial charge >= 0.3 is 5.97 Å². The lowest BCUT2D eigenvalue weighted by Crippen LogP contribution is -2.38. The van der Waals surface area contributed by atoms with E-state index in [9.17, 15) is 14.7 Å². The van der Waals surface area contributed by atoms with Crippen molar-refractivity contribution in [3.63, 3.8) is 0 Å². The molecular weight excluding hydrogens is 611 g/mol. The van der Waals surface area contributed by atoms with E-state index in [4.69, 9.17) is 9.47 Å². The normalized spacial score (nSPS) is 14.3.